The van der Waals surface area contributed by atoms with E-state index >= 15 is 0 Å². The van der Waals surface area contributed by atoms with Gasteiger partial charge in [0.15, 0.2) is 0 Å². The third kappa shape index (κ3) is 36.2. The SMILES string of the molecule is CCC(C)(C)C(=O)OC(C)CCS(=O)(=O)[O-].CCC(C)(C)C(=O)OC(C)CS(=O)(=O)[O-].CCC(C)(C)C(=O)OCCCS(=O)(=O)O.CCC(C)(C)C(=O)OCCS(=O)(=O)[O-]. The quantitative estimate of drug-likeness (QED) is 0.0695. The van der Waals surface area contributed by atoms with Crippen molar-refractivity contribution in [3.63, 3.8) is 0 Å². The van der Waals surface area contributed by atoms with Gasteiger partial charge >= 0.3 is 23.9 Å². The maximum absolute atomic E-state index is 11.6. The van der Waals surface area contributed by atoms with E-state index in [0.29, 0.717) is 25.7 Å². The average Bonchev–Trinajstić information content (AvgIpc) is 3.07. The van der Waals surface area contributed by atoms with E-state index in [2.05, 4.69) is 4.74 Å². The van der Waals surface area contributed by atoms with E-state index in [9.17, 15) is 66.5 Å². The summed E-state index contributed by atoms with van der Waals surface area (Å²) < 4.78 is 141. The molecule has 0 amide bonds. The molecule has 60 heavy (non-hydrogen) atoms. The van der Waals surface area contributed by atoms with Crippen molar-refractivity contribution in [2.45, 2.75) is 148 Å². The zero-order valence-corrected chi connectivity index (χ0v) is 40.7. The van der Waals surface area contributed by atoms with Gasteiger partial charge < -0.3 is 32.6 Å². The molecule has 0 aromatic heterocycles. The van der Waals surface area contributed by atoms with Crippen molar-refractivity contribution in [3.05, 3.63) is 0 Å². The molecule has 360 valence electrons. The Morgan fingerprint density at radius 2 is 0.817 bits per heavy atom. The summed E-state index contributed by atoms with van der Waals surface area (Å²) in [5, 5.41) is 0. The van der Waals surface area contributed by atoms with Gasteiger partial charge in [-0.2, -0.15) is 8.42 Å². The van der Waals surface area contributed by atoms with Crippen molar-refractivity contribution in [3.8, 4) is 0 Å². The largest absolute Gasteiger partial charge is 0.748 e. The van der Waals surface area contributed by atoms with E-state index in [1.165, 1.54) is 6.92 Å². The third-order valence-electron chi connectivity index (χ3n) is 8.92. The van der Waals surface area contributed by atoms with Crippen molar-refractivity contribution in [1.82, 2.24) is 0 Å². The lowest BCUT2D eigenvalue weighted by Gasteiger charge is -2.23. The first-order chi connectivity index (χ1) is 26.5. The summed E-state index contributed by atoms with van der Waals surface area (Å²) >= 11 is 0. The first kappa shape index (κ1) is 64.1. The first-order valence-electron chi connectivity index (χ1n) is 19.1. The Balaban J connectivity index is -0.000000349. The molecule has 0 heterocycles. The number of esters is 4. The summed E-state index contributed by atoms with van der Waals surface area (Å²) in [6.45, 7) is 23.8. The molecule has 0 bridgehead atoms. The van der Waals surface area contributed by atoms with Gasteiger partial charge in [-0.15, -0.1) is 0 Å². The van der Waals surface area contributed by atoms with Crippen LogP contribution in [0.1, 0.15) is 135 Å². The Hall–Kier alpha value is -2.48. The van der Waals surface area contributed by atoms with E-state index in [0.717, 1.165) is 0 Å². The van der Waals surface area contributed by atoms with E-state index in [1.54, 1.807) is 62.3 Å². The van der Waals surface area contributed by atoms with E-state index < -0.39 is 104 Å². The Labute approximate surface area is 358 Å². The Morgan fingerprint density at radius 3 is 1.12 bits per heavy atom. The lowest BCUT2D eigenvalue weighted by Crippen LogP contribution is -2.32. The van der Waals surface area contributed by atoms with Crippen molar-refractivity contribution in [2.24, 2.45) is 21.7 Å². The molecule has 20 nitrogen and oxygen atoms in total. The fraction of sp³-hybridized carbons (Fsp3) is 0.889. The van der Waals surface area contributed by atoms with Crippen molar-refractivity contribution < 1.29 is 90.0 Å². The molecule has 24 heteroatoms. The second-order valence-corrected chi connectivity index (χ2v) is 22.4. The molecule has 2 unspecified atom stereocenters. The highest BCUT2D eigenvalue weighted by atomic mass is 32.2. The number of hydrogen-bond acceptors (Lipinski definition) is 19. The van der Waals surface area contributed by atoms with Gasteiger partial charge in [-0.3, -0.25) is 23.7 Å². The standard InChI is InChI=1S/C10H20O5S.2C9H18O5S.C8H16O5S/c1-5-10(3,4)9(11)15-8(2)6-7-16(12,13)14;1-5-9(3,4)8(10)14-7(2)6-15(11,12)13;1-4-9(2,3)8(10)14-6-5-7-15(11,12)13;1-4-8(2,3)7(9)13-5-6-14(10,11)12/h8H,5-7H2,1-4H3,(H,12,13,14);7H,5-6H2,1-4H3,(H,11,12,13);4-7H2,1-3H3,(H,11,12,13);4-6H2,1-3H3,(H,10,11,12)/p-3. The van der Waals surface area contributed by atoms with Gasteiger partial charge in [-0.25, -0.2) is 25.3 Å². The molecule has 0 aromatic carbocycles. The van der Waals surface area contributed by atoms with E-state index in [-0.39, 0.29) is 43.7 Å². The molecule has 0 radical (unpaired) electrons. The van der Waals surface area contributed by atoms with Crippen LogP contribution in [0.2, 0.25) is 0 Å². The summed E-state index contributed by atoms with van der Waals surface area (Å²) in [4.78, 5) is 45.7. The minimum Gasteiger partial charge on any atom is -0.748 e. The van der Waals surface area contributed by atoms with Crippen LogP contribution in [-0.4, -0.2) is 124 Å². The summed E-state index contributed by atoms with van der Waals surface area (Å²) in [7, 11) is -16.8. The summed E-state index contributed by atoms with van der Waals surface area (Å²) in [5.74, 6) is -3.92. The molecule has 0 aliphatic rings. The zero-order valence-electron chi connectivity index (χ0n) is 37.5. The monoisotopic (exact) mass is 949 g/mol. The lowest BCUT2D eigenvalue weighted by molar-refractivity contribution is -0.159. The van der Waals surface area contributed by atoms with Crippen LogP contribution in [0, 0.1) is 21.7 Å². The van der Waals surface area contributed by atoms with Crippen LogP contribution < -0.4 is 0 Å². The smallest absolute Gasteiger partial charge is 0.311 e. The van der Waals surface area contributed by atoms with Crippen LogP contribution in [0.3, 0.4) is 0 Å². The average molecular weight is 950 g/mol. The van der Waals surface area contributed by atoms with Crippen LogP contribution in [0.4, 0.5) is 0 Å². The maximum Gasteiger partial charge on any atom is 0.311 e. The third-order valence-corrected chi connectivity index (χ3v) is 12.0. The highest BCUT2D eigenvalue weighted by Gasteiger charge is 2.30. The lowest BCUT2D eigenvalue weighted by atomic mass is 9.90. The molecular weight excluding hydrogens is 881 g/mol. The molecular formula is C36H69O20S4-3. The molecule has 0 aromatic rings. The predicted octanol–water partition coefficient (Wildman–Crippen LogP) is 3.94. The van der Waals surface area contributed by atoms with Gasteiger partial charge in [0.1, 0.15) is 12.7 Å². The maximum atomic E-state index is 11.6. The topological polar surface area (TPSA) is 331 Å². The van der Waals surface area contributed by atoms with E-state index in [1.807, 2.05) is 27.7 Å². The molecule has 0 aliphatic heterocycles. The summed E-state index contributed by atoms with van der Waals surface area (Å²) in [6, 6.07) is 0. The number of carbonyl (C=O) groups excluding carboxylic acids is 4. The van der Waals surface area contributed by atoms with Crippen LogP contribution in [0.5, 0.6) is 0 Å². The van der Waals surface area contributed by atoms with Crippen LogP contribution in [0.15, 0.2) is 0 Å². The van der Waals surface area contributed by atoms with Gasteiger partial charge in [0.2, 0.25) is 0 Å². The van der Waals surface area contributed by atoms with Gasteiger partial charge in [0, 0.05) is 5.75 Å². The van der Waals surface area contributed by atoms with Crippen LogP contribution >= 0.6 is 0 Å². The molecule has 0 aliphatic carbocycles. The second-order valence-electron chi connectivity index (χ2n) is 16.3. The number of ether oxygens (including phenoxy) is 4. The van der Waals surface area contributed by atoms with Crippen molar-refractivity contribution in [1.29, 1.82) is 0 Å². The minimum atomic E-state index is -4.35. The Kier molecular flexibility index (Phi) is 29.5. The molecule has 0 fully saturated rings. The molecule has 0 saturated heterocycles. The Morgan fingerprint density at radius 1 is 0.500 bits per heavy atom. The minimum absolute atomic E-state index is 0.0159. The molecule has 0 saturated carbocycles. The fourth-order valence-corrected chi connectivity index (χ4v) is 5.02. The summed E-state index contributed by atoms with van der Waals surface area (Å²) in [6.07, 6.45) is 1.18. The van der Waals surface area contributed by atoms with Gasteiger partial charge in [0.05, 0.1) is 82.0 Å². The summed E-state index contributed by atoms with van der Waals surface area (Å²) in [5.41, 5.74) is -2.41. The molecule has 0 spiro atoms. The van der Waals surface area contributed by atoms with Gasteiger partial charge in [0.25, 0.3) is 10.1 Å². The first-order valence-corrected chi connectivity index (χ1v) is 25.4. The van der Waals surface area contributed by atoms with Gasteiger partial charge in [-0.05, 0) is 108 Å². The van der Waals surface area contributed by atoms with Gasteiger partial charge in [-0.1, -0.05) is 27.7 Å². The molecule has 2 atom stereocenters. The van der Waals surface area contributed by atoms with Crippen LogP contribution in [0.25, 0.3) is 0 Å². The van der Waals surface area contributed by atoms with Crippen molar-refractivity contribution in [2.75, 3.05) is 36.2 Å². The van der Waals surface area contributed by atoms with Crippen molar-refractivity contribution >= 4 is 64.3 Å². The molecule has 1 N–H and O–H groups in total. The second kappa shape index (κ2) is 27.6. The number of carbonyl (C=O) groups is 4. The number of rotatable bonds is 22. The number of hydrogen-bond donors (Lipinski definition) is 1. The fourth-order valence-electron chi connectivity index (χ4n) is 2.99. The predicted molar refractivity (Wildman–Crippen MR) is 219 cm³/mol. The van der Waals surface area contributed by atoms with E-state index in [4.69, 9.17) is 18.8 Å². The molecule has 0 rings (SSSR count). The van der Waals surface area contributed by atoms with Crippen LogP contribution in [-0.2, 0) is 78.6 Å². The highest BCUT2D eigenvalue weighted by molar-refractivity contribution is 7.86. The Bertz CT molecular complexity index is 1760. The normalized spacial score (nSPS) is 13.6. The highest BCUT2D eigenvalue weighted by Crippen LogP contribution is 2.24. The zero-order chi connectivity index (χ0) is 48.8.